The van der Waals surface area contributed by atoms with Crippen molar-refractivity contribution in [3.8, 4) is 0 Å². The van der Waals surface area contributed by atoms with Gasteiger partial charge in [0.05, 0.1) is 17.4 Å². The normalized spacial score (nSPS) is 10.7. The first-order valence-corrected chi connectivity index (χ1v) is 5.61. The Bertz CT molecular complexity index is 506. The summed E-state index contributed by atoms with van der Waals surface area (Å²) in [6.45, 7) is 2.11. The third-order valence-electron chi connectivity index (χ3n) is 2.52. The van der Waals surface area contributed by atoms with Gasteiger partial charge in [0.2, 0.25) is 0 Å². The number of benzene rings is 1. The zero-order valence-corrected chi connectivity index (χ0v) is 10.7. The molecule has 0 saturated carbocycles. The van der Waals surface area contributed by atoms with Crippen molar-refractivity contribution >= 4 is 32.5 Å². The van der Waals surface area contributed by atoms with Crippen LogP contribution < -0.4 is 4.90 Å². The number of pyridine rings is 1. The minimum atomic E-state index is 1.03. The molecule has 0 bridgehead atoms. The maximum Gasteiger partial charge on any atom is 0.0848 e. The van der Waals surface area contributed by atoms with Gasteiger partial charge in [-0.3, -0.25) is 4.98 Å². The van der Waals surface area contributed by atoms with E-state index in [4.69, 9.17) is 0 Å². The Morgan fingerprint density at radius 2 is 2.00 bits per heavy atom. The topological polar surface area (TPSA) is 16.1 Å². The fourth-order valence-electron chi connectivity index (χ4n) is 1.56. The summed E-state index contributed by atoms with van der Waals surface area (Å²) in [7, 11) is 4.05. The molecule has 2 nitrogen and oxygen atoms in total. The van der Waals surface area contributed by atoms with Gasteiger partial charge in [0.15, 0.2) is 0 Å². The van der Waals surface area contributed by atoms with Crippen LogP contribution in [-0.4, -0.2) is 19.1 Å². The van der Waals surface area contributed by atoms with Crippen LogP contribution in [0.15, 0.2) is 28.9 Å². The maximum absolute atomic E-state index is 4.47. The van der Waals surface area contributed by atoms with Crippen LogP contribution in [0.1, 0.15) is 5.56 Å². The molecule has 3 heteroatoms. The van der Waals surface area contributed by atoms with E-state index < -0.39 is 0 Å². The molecule has 0 aliphatic heterocycles. The van der Waals surface area contributed by atoms with Gasteiger partial charge in [0.25, 0.3) is 0 Å². The Morgan fingerprint density at radius 3 is 2.67 bits per heavy atom. The molecule has 0 N–H and O–H groups in total. The lowest BCUT2D eigenvalue weighted by Gasteiger charge is -2.13. The average Bonchev–Trinajstić information content (AvgIpc) is 2.23. The summed E-state index contributed by atoms with van der Waals surface area (Å²) in [6.07, 6.45) is 1.90. The van der Waals surface area contributed by atoms with E-state index in [1.807, 2.05) is 26.4 Å². The Kier molecular flexibility index (Phi) is 2.65. The molecule has 0 atom stereocenters. The van der Waals surface area contributed by atoms with E-state index in [1.165, 1.54) is 10.9 Å². The molecule has 1 aromatic heterocycles. The lowest BCUT2D eigenvalue weighted by atomic mass is 10.1. The predicted molar refractivity (Wildman–Crippen MR) is 68.5 cm³/mol. The van der Waals surface area contributed by atoms with Gasteiger partial charge in [-0.1, -0.05) is 6.07 Å². The van der Waals surface area contributed by atoms with Crippen LogP contribution in [0.25, 0.3) is 10.9 Å². The van der Waals surface area contributed by atoms with Crippen LogP contribution in [0.4, 0.5) is 5.69 Å². The van der Waals surface area contributed by atoms with Crippen LogP contribution in [-0.2, 0) is 0 Å². The van der Waals surface area contributed by atoms with E-state index >= 15 is 0 Å². The predicted octanol–water partition coefficient (Wildman–Crippen LogP) is 3.37. The van der Waals surface area contributed by atoms with Crippen molar-refractivity contribution in [2.45, 2.75) is 6.92 Å². The molecule has 1 heterocycles. The number of halogens is 1. The van der Waals surface area contributed by atoms with E-state index in [0.717, 1.165) is 15.7 Å². The Balaban J connectivity index is 2.76. The van der Waals surface area contributed by atoms with Crippen molar-refractivity contribution in [1.82, 2.24) is 4.98 Å². The van der Waals surface area contributed by atoms with Crippen LogP contribution in [0.5, 0.6) is 0 Å². The molecule has 0 fully saturated rings. The maximum atomic E-state index is 4.47. The lowest BCUT2D eigenvalue weighted by Crippen LogP contribution is -2.08. The molecule has 1 aromatic carbocycles. The van der Waals surface area contributed by atoms with Gasteiger partial charge < -0.3 is 4.90 Å². The molecule has 0 unspecified atom stereocenters. The van der Waals surface area contributed by atoms with Crippen molar-refractivity contribution in [2.24, 2.45) is 0 Å². The molecule has 0 amide bonds. The number of nitrogens with zero attached hydrogens (tertiary/aromatic N) is 2. The van der Waals surface area contributed by atoms with E-state index in [1.54, 1.807) is 0 Å². The number of anilines is 1. The zero-order valence-electron chi connectivity index (χ0n) is 9.08. The summed E-state index contributed by atoms with van der Waals surface area (Å²) in [5.41, 5.74) is 3.41. The number of fused-ring (bicyclic) bond motifs is 1. The largest absolute Gasteiger partial charge is 0.376 e. The number of hydrogen-bond acceptors (Lipinski definition) is 2. The fourth-order valence-corrected chi connectivity index (χ4v) is 2.00. The van der Waals surface area contributed by atoms with Gasteiger partial charge in [0.1, 0.15) is 0 Å². The molecule has 0 radical (unpaired) electrons. The van der Waals surface area contributed by atoms with E-state index in [-0.39, 0.29) is 0 Å². The minimum Gasteiger partial charge on any atom is -0.376 e. The van der Waals surface area contributed by atoms with Gasteiger partial charge in [0, 0.05) is 24.0 Å². The SMILES string of the molecule is Cc1ccc(Br)c2ncc(N(C)C)cc12. The average molecular weight is 265 g/mol. The summed E-state index contributed by atoms with van der Waals surface area (Å²) < 4.78 is 1.05. The molecular formula is C12H13BrN2. The summed E-state index contributed by atoms with van der Waals surface area (Å²) in [5, 5.41) is 1.20. The van der Waals surface area contributed by atoms with E-state index in [2.05, 4.69) is 44.9 Å². The number of aromatic nitrogens is 1. The van der Waals surface area contributed by atoms with Crippen molar-refractivity contribution in [2.75, 3.05) is 19.0 Å². The molecular weight excluding hydrogens is 252 g/mol. The second-order valence-electron chi connectivity index (χ2n) is 3.85. The second kappa shape index (κ2) is 3.81. The van der Waals surface area contributed by atoms with Gasteiger partial charge >= 0.3 is 0 Å². The molecule has 0 aliphatic carbocycles. The van der Waals surface area contributed by atoms with Gasteiger partial charge in [-0.15, -0.1) is 0 Å². The third kappa shape index (κ3) is 1.84. The van der Waals surface area contributed by atoms with Crippen LogP contribution >= 0.6 is 15.9 Å². The quantitative estimate of drug-likeness (QED) is 0.785. The molecule has 0 aliphatic rings. The first kappa shape index (κ1) is 10.4. The Hall–Kier alpha value is -1.09. The second-order valence-corrected chi connectivity index (χ2v) is 4.70. The molecule has 0 spiro atoms. The monoisotopic (exact) mass is 264 g/mol. The number of aryl methyl sites for hydroxylation is 1. The van der Waals surface area contributed by atoms with Crippen LogP contribution in [0, 0.1) is 6.92 Å². The first-order valence-electron chi connectivity index (χ1n) is 4.82. The van der Waals surface area contributed by atoms with Crippen molar-refractivity contribution in [3.63, 3.8) is 0 Å². The van der Waals surface area contributed by atoms with E-state index in [9.17, 15) is 0 Å². The summed E-state index contributed by atoms with van der Waals surface area (Å²) in [5.74, 6) is 0. The number of rotatable bonds is 1. The highest BCUT2D eigenvalue weighted by Crippen LogP contribution is 2.27. The number of hydrogen-bond donors (Lipinski definition) is 0. The van der Waals surface area contributed by atoms with Crippen LogP contribution in [0.2, 0.25) is 0 Å². The fraction of sp³-hybridized carbons (Fsp3) is 0.250. The minimum absolute atomic E-state index is 1.03. The van der Waals surface area contributed by atoms with Crippen molar-refractivity contribution in [3.05, 3.63) is 34.4 Å². The molecule has 0 saturated heterocycles. The Morgan fingerprint density at radius 1 is 1.27 bits per heavy atom. The zero-order chi connectivity index (χ0) is 11.0. The van der Waals surface area contributed by atoms with Crippen LogP contribution in [0.3, 0.4) is 0 Å². The van der Waals surface area contributed by atoms with Gasteiger partial charge in [-0.25, -0.2) is 0 Å². The summed E-state index contributed by atoms with van der Waals surface area (Å²) >= 11 is 3.52. The standard InChI is InChI=1S/C12H13BrN2/c1-8-4-5-11(13)12-10(8)6-9(7-14-12)15(2)3/h4-7H,1-3H3. The molecule has 2 aromatic rings. The molecule has 2 rings (SSSR count). The third-order valence-corrected chi connectivity index (χ3v) is 3.16. The van der Waals surface area contributed by atoms with E-state index in [0.29, 0.717) is 0 Å². The highest BCUT2D eigenvalue weighted by atomic mass is 79.9. The summed E-state index contributed by atoms with van der Waals surface area (Å²) in [6, 6.07) is 6.32. The van der Waals surface area contributed by atoms with Crippen molar-refractivity contribution < 1.29 is 0 Å². The highest BCUT2D eigenvalue weighted by Gasteiger charge is 2.04. The summed E-state index contributed by atoms with van der Waals surface area (Å²) in [4.78, 5) is 6.54. The van der Waals surface area contributed by atoms with Gasteiger partial charge in [-0.05, 0) is 40.5 Å². The highest BCUT2D eigenvalue weighted by molar-refractivity contribution is 9.10. The first-order chi connectivity index (χ1) is 7.09. The lowest BCUT2D eigenvalue weighted by molar-refractivity contribution is 1.12. The molecule has 15 heavy (non-hydrogen) atoms. The van der Waals surface area contributed by atoms with Crippen molar-refractivity contribution in [1.29, 1.82) is 0 Å². The van der Waals surface area contributed by atoms with Gasteiger partial charge in [-0.2, -0.15) is 0 Å². The smallest absolute Gasteiger partial charge is 0.0848 e. The Labute approximate surface area is 98.1 Å². The molecule has 78 valence electrons.